The van der Waals surface area contributed by atoms with Crippen LogP contribution in [0.25, 0.3) is 0 Å². The van der Waals surface area contributed by atoms with E-state index in [1.54, 1.807) is 13.2 Å². The minimum absolute atomic E-state index is 0.138. The molecule has 0 amide bonds. The predicted molar refractivity (Wildman–Crippen MR) is 247 cm³/mol. The summed E-state index contributed by atoms with van der Waals surface area (Å²) < 4.78 is 58.4. The molecular formula is C55H58O10. The molecule has 0 saturated carbocycles. The SMILES string of the molecule is CO/C=C/[C@@H](OCc1ccccc1)[C@H](OCc1ccccc1)C(=O)CO[C@H]1O[C@H](COCc2ccccc2)[C@H](OCc2ccccc2)[C@H](OCc2ccccc2)[C@H]1OCc1ccccc1. The van der Waals surface area contributed by atoms with Crippen molar-refractivity contribution in [3.63, 3.8) is 0 Å². The molecule has 65 heavy (non-hydrogen) atoms. The van der Waals surface area contributed by atoms with Gasteiger partial charge in [-0.25, -0.2) is 0 Å². The van der Waals surface area contributed by atoms with Crippen LogP contribution in [0.15, 0.2) is 194 Å². The molecule has 7 rings (SSSR count). The van der Waals surface area contributed by atoms with Crippen molar-refractivity contribution in [2.24, 2.45) is 0 Å². The third-order valence-electron chi connectivity index (χ3n) is 10.8. The van der Waals surface area contributed by atoms with Crippen molar-refractivity contribution in [3.05, 3.63) is 228 Å². The van der Waals surface area contributed by atoms with Gasteiger partial charge in [0.05, 0.1) is 59.6 Å². The summed E-state index contributed by atoms with van der Waals surface area (Å²) in [6, 6.07) is 59.1. The highest BCUT2D eigenvalue weighted by Crippen LogP contribution is 2.32. The second-order valence-corrected chi connectivity index (χ2v) is 15.6. The zero-order valence-electron chi connectivity index (χ0n) is 36.8. The van der Waals surface area contributed by atoms with Gasteiger partial charge in [-0.1, -0.05) is 182 Å². The predicted octanol–water partition coefficient (Wildman–Crippen LogP) is 9.60. The number of benzene rings is 6. The number of carbonyl (C=O) groups excluding carboxylic acids is 1. The van der Waals surface area contributed by atoms with Crippen LogP contribution in [0, 0.1) is 0 Å². The zero-order chi connectivity index (χ0) is 44.7. The normalized spacial score (nSPS) is 19.4. The summed E-state index contributed by atoms with van der Waals surface area (Å²) in [6.45, 7) is 1.22. The molecule has 0 spiro atoms. The highest BCUT2D eigenvalue weighted by Gasteiger charge is 2.49. The average Bonchev–Trinajstić information content (AvgIpc) is 3.36. The van der Waals surface area contributed by atoms with E-state index in [2.05, 4.69) is 0 Å². The van der Waals surface area contributed by atoms with Crippen molar-refractivity contribution in [2.75, 3.05) is 20.3 Å². The van der Waals surface area contributed by atoms with Gasteiger partial charge < -0.3 is 42.6 Å². The molecule has 0 unspecified atom stereocenters. The van der Waals surface area contributed by atoms with Gasteiger partial charge in [-0.05, 0) is 39.5 Å². The smallest absolute Gasteiger partial charge is 0.190 e. The van der Waals surface area contributed by atoms with E-state index < -0.39 is 49.5 Å². The molecule has 10 heteroatoms. The maximum atomic E-state index is 14.7. The third-order valence-corrected chi connectivity index (χ3v) is 10.8. The second-order valence-electron chi connectivity index (χ2n) is 15.6. The van der Waals surface area contributed by atoms with E-state index >= 15 is 0 Å². The highest BCUT2D eigenvalue weighted by molar-refractivity contribution is 5.85. The molecule has 338 valence electrons. The molecular weight excluding hydrogens is 821 g/mol. The van der Waals surface area contributed by atoms with Crippen molar-refractivity contribution >= 4 is 5.78 Å². The third kappa shape index (κ3) is 15.1. The fraction of sp³-hybridized carbons (Fsp3) is 0.291. The number of hydrogen-bond donors (Lipinski definition) is 0. The van der Waals surface area contributed by atoms with Crippen LogP contribution < -0.4 is 0 Å². The van der Waals surface area contributed by atoms with Gasteiger partial charge in [-0.3, -0.25) is 4.79 Å². The minimum Gasteiger partial charge on any atom is -0.505 e. The molecule has 7 atom stereocenters. The van der Waals surface area contributed by atoms with Crippen LogP contribution in [0.5, 0.6) is 0 Å². The molecule has 1 heterocycles. The van der Waals surface area contributed by atoms with Crippen molar-refractivity contribution in [1.29, 1.82) is 0 Å². The molecule has 1 saturated heterocycles. The lowest BCUT2D eigenvalue weighted by molar-refractivity contribution is -0.327. The summed E-state index contributed by atoms with van der Waals surface area (Å²) in [4.78, 5) is 14.7. The van der Waals surface area contributed by atoms with E-state index in [0.29, 0.717) is 6.61 Å². The Morgan fingerprint density at radius 1 is 0.492 bits per heavy atom. The number of ketones is 1. The van der Waals surface area contributed by atoms with Crippen molar-refractivity contribution < 1.29 is 47.4 Å². The Morgan fingerprint density at radius 3 is 1.35 bits per heavy atom. The van der Waals surface area contributed by atoms with E-state index in [1.165, 1.54) is 6.26 Å². The van der Waals surface area contributed by atoms with Gasteiger partial charge in [0.2, 0.25) is 0 Å². The first kappa shape index (κ1) is 47.2. The van der Waals surface area contributed by atoms with Crippen molar-refractivity contribution in [3.8, 4) is 0 Å². The summed E-state index contributed by atoms with van der Waals surface area (Å²) >= 11 is 0. The molecule has 1 fully saturated rings. The van der Waals surface area contributed by atoms with Gasteiger partial charge in [-0.15, -0.1) is 0 Å². The average molecular weight is 879 g/mol. The van der Waals surface area contributed by atoms with Crippen LogP contribution in [0.3, 0.4) is 0 Å². The standard InChI is InChI=1S/C55H58O10/c1-57-33-32-49(59-35-43-22-10-3-11-23-43)51(60-36-44-24-12-4-13-25-44)48(56)40-64-55-54(63-39-47-30-18-7-19-31-47)53(62-38-46-28-16-6-17-29-46)52(61-37-45-26-14-5-15-27-45)50(65-55)41-58-34-42-20-8-2-9-21-42/h2-33,49-55H,34-41H2,1H3/b33-32+/t49-,50-,51-,52+,53+,54-,55+/m1/s1. The van der Waals surface area contributed by atoms with Gasteiger partial charge in [-0.2, -0.15) is 0 Å². The van der Waals surface area contributed by atoms with Crippen LogP contribution in [-0.2, 0) is 87.1 Å². The molecule has 0 bridgehead atoms. The molecule has 6 aromatic rings. The lowest BCUT2D eigenvalue weighted by atomic mass is 9.97. The van der Waals surface area contributed by atoms with E-state index in [4.69, 9.17) is 42.6 Å². The first-order chi connectivity index (χ1) is 32.1. The second kappa shape index (κ2) is 26.2. The molecule has 10 nitrogen and oxygen atoms in total. The summed E-state index contributed by atoms with van der Waals surface area (Å²) in [5.74, 6) is -0.369. The number of rotatable bonds is 26. The zero-order valence-corrected chi connectivity index (χ0v) is 36.8. The van der Waals surface area contributed by atoms with Crippen LogP contribution in [0.4, 0.5) is 0 Å². The highest BCUT2D eigenvalue weighted by atomic mass is 16.7. The monoisotopic (exact) mass is 878 g/mol. The fourth-order valence-electron chi connectivity index (χ4n) is 7.43. The Balaban J connectivity index is 1.19. The summed E-state index contributed by atoms with van der Waals surface area (Å²) in [5.41, 5.74) is 5.74. The van der Waals surface area contributed by atoms with Crippen LogP contribution >= 0.6 is 0 Å². The van der Waals surface area contributed by atoms with Crippen molar-refractivity contribution in [2.45, 2.75) is 82.6 Å². The molecule has 1 aliphatic rings. The van der Waals surface area contributed by atoms with Gasteiger partial charge in [0.15, 0.2) is 12.1 Å². The molecule has 1 aliphatic heterocycles. The maximum absolute atomic E-state index is 14.7. The Labute approximate surface area is 382 Å². The molecule has 0 N–H and O–H groups in total. The lowest BCUT2D eigenvalue weighted by Crippen LogP contribution is -2.62. The lowest BCUT2D eigenvalue weighted by Gasteiger charge is -2.46. The number of hydrogen-bond acceptors (Lipinski definition) is 10. The first-order valence-electron chi connectivity index (χ1n) is 22.0. The summed E-state index contributed by atoms with van der Waals surface area (Å²) in [5, 5.41) is 0. The fourth-order valence-corrected chi connectivity index (χ4v) is 7.43. The summed E-state index contributed by atoms with van der Waals surface area (Å²) in [7, 11) is 1.54. The van der Waals surface area contributed by atoms with Gasteiger partial charge in [0.25, 0.3) is 0 Å². The number of carbonyl (C=O) groups is 1. The van der Waals surface area contributed by atoms with Gasteiger partial charge in [0, 0.05) is 0 Å². The van der Waals surface area contributed by atoms with Crippen molar-refractivity contribution in [1.82, 2.24) is 0 Å². The molecule has 0 aromatic heterocycles. The number of ether oxygens (including phenoxy) is 9. The molecule has 6 aromatic carbocycles. The number of methoxy groups -OCH3 is 1. The van der Waals surface area contributed by atoms with Gasteiger partial charge >= 0.3 is 0 Å². The topological polar surface area (TPSA) is 100 Å². The first-order valence-corrected chi connectivity index (χ1v) is 22.0. The largest absolute Gasteiger partial charge is 0.505 e. The van der Waals surface area contributed by atoms with E-state index in [1.807, 2.05) is 182 Å². The molecule has 0 radical (unpaired) electrons. The van der Waals surface area contributed by atoms with Gasteiger partial charge in [0.1, 0.15) is 43.2 Å². The van der Waals surface area contributed by atoms with Crippen LogP contribution in [0.2, 0.25) is 0 Å². The Morgan fingerprint density at radius 2 is 0.892 bits per heavy atom. The maximum Gasteiger partial charge on any atom is 0.190 e. The minimum atomic E-state index is -1.10. The summed E-state index contributed by atoms with van der Waals surface area (Å²) in [6.07, 6.45) is -2.82. The molecule has 0 aliphatic carbocycles. The van der Waals surface area contributed by atoms with Crippen LogP contribution in [0.1, 0.15) is 33.4 Å². The van der Waals surface area contributed by atoms with Crippen LogP contribution in [-0.4, -0.2) is 69.0 Å². The quantitative estimate of drug-likeness (QED) is 0.0490. The number of Topliss-reactive ketones (excluding diaryl/α,β-unsaturated/α-hetero) is 1. The van der Waals surface area contributed by atoms with E-state index in [0.717, 1.165) is 33.4 Å². The Hall–Kier alpha value is -5.79. The Kier molecular flexibility index (Phi) is 19.0. The van der Waals surface area contributed by atoms with E-state index in [9.17, 15) is 4.79 Å². The van der Waals surface area contributed by atoms with E-state index in [-0.39, 0.29) is 45.4 Å². The Bertz CT molecular complexity index is 2230.